The summed E-state index contributed by atoms with van der Waals surface area (Å²) in [5, 5.41) is 0. The van der Waals surface area contributed by atoms with Crippen LogP contribution in [0.3, 0.4) is 0 Å². The van der Waals surface area contributed by atoms with E-state index in [2.05, 4.69) is 4.98 Å². The molecule has 0 atom stereocenters. The second-order valence-electron chi connectivity index (χ2n) is 5.06. The molecule has 0 bridgehead atoms. The highest BCUT2D eigenvalue weighted by molar-refractivity contribution is 5.77. The molecule has 0 saturated heterocycles. The third kappa shape index (κ3) is 4.91. The van der Waals surface area contributed by atoms with E-state index in [0.29, 0.717) is 6.54 Å². The fraction of sp³-hybridized carbons (Fsp3) is 0.294. The lowest BCUT2D eigenvalue weighted by Crippen LogP contribution is -2.33. The van der Waals surface area contributed by atoms with E-state index < -0.39 is 0 Å². The van der Waals surface area contributed by atoms with Crippen LogP contribution < -0.4 is 9.72 Å². The maximum Gasteiger partial charge on any atom is 0.260 e. The van der Waals surface area contributed by atoms with Crippen molar-refractivity contribution in [2.24, 2.45) is 0 Å². The number of hydrogen-bond acceptors (Lipinski definition) is 2. The summed E-state index contributed by atoms with van der Waals surface area (Å²) in [6.45, 7) is 2.73. The molecule has 1 aromatic heterocycles. The van der Waals surface area contributed by atoms with Crippen molar-refractivity contribution >= 4 is 5.91 Å². The van der Waals surface area contributed by atoms with Crippen molar-refractivity contribution in [3.8, 4) is 5.75 Å². The number of benzene rings is 1. The Morgan fingerprint density at radius 1 is 1.24 bits per heavy atom. The standard InChI is InChI=1S/C17H20N2O2/c1-14-6-5-8-16(12-14)21-13-17(20)19(2)11-9-15-7-3-4-10-18-15/h3-8,10,12H,9,11,13H2,1-2H3/p+1. The van der Waals surface area contributed by atoms with E-state index in [0.717, 1.165) is 23.4 Å². The lowest BCUT2D eigenvalue weighted by molar-refractivity contribution is -0.390. The van der Waals surface area contributed by atoms with Gasteiger partial charge in [-0.15, -0.1) is 0 Å². The first-order valence-electron chi connectivity index (χ1n) is 7.04. The molecular formula is C17H21N2O2+. The van der Waals surface area contributed by atoms with Crippen LogP contribution in [0.2, 0.25) is 0 Å². The van der Waals surface area contributed by atoms with E-state index in [-0.39, 0.29) is 12.5 Å². The molecule has 2 rings (SSSR count). The predicted molar refractivity (Wildman–Crippen MR) is 81.0 cm³/mol. The van der Waals surface area contributed by atoms with Crippen molar-refractivity contribution < 1.29 is 14.5 Å². The second kappa shape index (κ2) is 7.43. The highest BCUT2D eigenvalue weighted by Crippen LogP contribution is 2.12. The van der Waals surface area contributed by atoms with Gasteiger partial charge in [-0.25, -0.2) is 4.98 Å². The van der Waals surface area contributed by atoms with E-state index in [1.165, 1.54) is 0 Å². The fourth-order valence-electron chi connectivity index (χ4n) is 1.96. The van der Waals surface area contributed by atoms with Gasteiger partial charge in [0, 0.05) is 32.1 Å². The Hall–Kier alpha value is -2.36. The molecule has 1 amide bonds. The summed E-state index contributed by atoms with van der Waals surface area (Å²) in [5.74, 6) is 0.709. The number of carbonyl (C=O) groups excluding carboxylic acids is 1. The molecule has 1 heterocycles. The first-order chi connectivity index (χ1) is 10.1. The second-order valence-corrected chi connectivity index (χ2v) is 5.06. The molecule has 0 fully saturated rings. The number of hydrogen-bond donors (Lipinski definition) is 0. The maximum atomic E-state index is 12.0. The molecule has 110 valence electrons. The molecule has 0 aliphatic rings. The zero-order chi connectivity index (χ0) is 15.1. The lowest BCUT2D eigenvalue weighted by Gasteiger charge is -2.16. The average Bonchev–Trinajstić information content (AvgIpc) is 2.51. The number of nitrogens with one attached hydrogen (secondary N) is 1. The fourth-order valence-corrected chi connectivity index (χ4v) is 1.96. The maximum absolute atomic E-state index is 12.0. The van der Waals surface area contributed by atoms with E-state index in [1.807, 2.05) is 55.6 Å². The zero-order valence-corrected chi connectivity index (χ0v) is 12.5. The topological polar surface area (TPSA) is 43.7 Å². The zero-order valence-electron chi connectivity index (χ0n) is 12.5. The van der Waals surface area contributed by atoms with E-state index in [9.17, 15) is 4.79 Å². The molecule has 0 spiro atoms. The summed E-state index contributed by atoms with van der Waals surface area (Å²) in [5.41, 5.74) is 2.23. The molecule has 21 heavy (non-hydrogen) atoms. The minimum absolute atomic E-state index is 0.0209. The number of ether oxygens (including phenoxy) is 1. The Bertz CT molecular complexity index is 584. The van der Waals surface area contributed by atoms with E-state index >= 15 is 0 Å². The van der Waals surface area contributed by atoms with Gasteiger partial charge < -0.3 is 9.64 Å². The summed E-state index contributed by atoms with van der Waals surface area (Å²) in [7, 11) is 1.80. The van der Waals surface area contributed by atoms with Crippen molar-refractivity contribution in [2.75, 3.05) is 20.2 Å². The van der Waals surface area contributed by atoms with Gasteiger partial charge in [-0.3, -0.25) is 4.79 Å². The SMILES string of the molecule is Cc1cccc(OCC(=O)N(C)CCc2cccc[nH+]2)c1. The molecule has 0 unspecified atom stereocenters. The molecule has 2 aromatic rings. The Morgan fingerprint density at radius 3 is 2.81 bits per heavy atom. The summed E-state index contributed by atoms with van der Waals surface area (Å²) in [6.07, 6.45) is 2.69. The number of likely N-dealkylation sites (N-methyl/N-ethyl adjacent to an activating group) is 1. The number of nitrogens with zero attached hydrogens (tertiary/aromatic N) is 1. The molecule has 1 aromatic carbocycles. The van der Waals surface area contributed by atoms with Crippen molar-refractivity contribution in [1.82, 2.24) is 4.90 Å². The van der Waals surface area contributed by atoms with Crippen LogP contribution in [0.15, 0.2) is 48.7 Å². The van der Waals surface area contributed by atoms with Crippen LogP contribution in [0.25, 0.3) is 0 Å². The monoisotopic (exact) mass is 285 g/mol. The number of carbonyl (C=O) groups is 1. The third-order valence-corrected chi connectivity index (χ3v) is 3.27. The van der Waals surface area contributed by atoms with Gasteiger partial charge in [0.15, 0.2) is 18.5 Å². The minimum Gasteiger partial charge on any atom is -0.484 e. The van der Waals surface area contributed by atoms with Gasteiger partial charge in [-0.2, -0.15) is 0 Å². The predicted octanol–water partition coefficient (Wildman–Crippen LogP) is 1.89. The summed E-state index contributed by atoms with van der Waals surface area (Å²) < 4.78 is 5.52. The normalized spacial score (nSPS) is 10.2. The van der Waals surface area contributed by atoms with Gasteiger partial charge in [-0.05, 0) is 24.6 Å². The lowest BCUT2D eigenvalue weighted by atomic mass is 10.2. The quantitative estimate of drug-likeness (QED) is 0.813. The molecule has 4 heteroatoms. The Kier molecular flexibility index (Phi) is 5.32. The van der Waals surface area contributed by atoms with Gasteiger partial charge >= 0.3 is 0 Å². The van der Waals surface area contributed by atoms with Crippen LogP contribution in [-0.4, -0.2) is 31.0 Å². The van der Waals surface area contributed by atoms with Crippen LogP contribution in [0, 0.1) is 6.92 Å². The molecular weight excluding hydrogens is 264 g/mol. The van der Waals surface area contributed by atoms with Crippen molar-refractivity contribution in [3.63, 3.8) is 0 Å². The van der Waals surface area contributed by atoms with Crippen LogP contribution >= 0.6 is 0 Å². The van der Waals surface area contributed by atoms with Gasteiger partial charge in [0.2, 0.25) is 0 Å². The van der Waals surface area contributed by atoms with E-state index in [4.69, 9.17) is 4.74 Å². The smallest absolute Gasteiger partial charge is 0.260 e. The first-order valence-corrected chi connectivity index (χ1v) is 7.04. The van der Waals surface area contributed by atoms with Crippen molar-refractivity contribution in [3.05, 3.63) is 59.9 Å². The van der Waals surface area contributed by atoms with Crippen LogP contribution in [0.1, 0.15) is 11.3 Å². The number of aromatic amines is 1. The highest BCUT2D eigenvalue weighted by Gasteiger charge is 2.11. The third-order valence-electron chi connectivity index (χ3n) is 3.27. The Balaban J connectivity index is 1.77. The van der Waals surface area contributed by atoms with Crippen LogP contribution in [0.5, 0.6) is 5.75 Å². The molecule has 0 aliphatic carbocycles. The molecule has 0 aliphatic heterocycles. The van der Waals surface area contributed by atoms with E-state index in [1.54, 1.807) is 11.9 Å². The van der Waals surface area contributed by atoms with Crippen LogP contribution in [0.4, 0.5) is 0 Å². The first kappa shape index (κ1) is 15.0. The van der Waals surface area contributed by atoms with Gasteiger partial charge in [0.25, 0.3) is 5.91 Å². The number of aryl methyl sites for hydroxylation is 1. The van der Waals surface area contributed by atoms with Crippen molar-refractivity contribution in [1.29, 1.82) is 0 Å². The summed E-state index contributed by atoms with van der Waals surface area (Å²) in [6, 6.07) is 13.6. The van der Waals surface area contributed by atoms with Gasteiger partial charge in [0.05, 0.1) is 0 Å². The molecule has 0 radical (unpaired) electrons. The van der Waals surface area contributed by atoms with Crippen molar-refractivity contribution in [2.45, 2.75) is 13.3 Å². The minimum atomic E-state index is -0.0209. The molecule has 4 nitrogen and oxygen atoms in total. The summed E-state index contributed by atoms with van der Waals surface area (Å²) >= 11 is 0. The van der Waals surface area contributed by atoms with Gasteiger partial charge in [-0.1, -0.05) is 18.2 Å². The van der Waals surface area contributed by atoms with Crippen LogP contribution in [-0.2, 0) is 11.2 Å². The van der Waals surface area contributed by atoms with Gasteiger partial charge in [0.1, 0.15) is 5.75 Å². The highest BCUT2D eigenvalue weighted by atomic mass is 16.5. The Morgan fingerprint density at radius 2 is 2.10 bits per heavy atom. The number of H-pyrrole nitrogens is 1. The average molecular weight is 285 g/mol. The Labute approximate surface area is 125 Å². The summed E-state index contributed by atoms with van der Waals surface area (Å²) in [4.78, 5) is 16.9. The number of amides is 1. The largest absolute Gasteiger partial charge is 0.484 e. The molecule has 1 N–H and O–H groups in total. The number of rotatable bonds is 6. The number of aromatic nitrogens is 1. The molecule has 0 saturated carbocycles. The number of pyridine rings is 1.